The smallest absolute Gasteiger partial charge is 0.392 e. The van der Waals surface area contributed by atoms with Gasteiger partial charge in [0.25, 0.3) is 0 Å². The van der Waals surface area contributed by atoms with Gasteiger partial charge < -0.3 is 5.11 Å². The number of rotatable bonds is 4. The Morgan fingerprint density at radius 1 is 0.750 bits per heavy atom. The van der Waals surface area contributed by atoms with E-state index >= 15 is 0 Å². The van der Waals surface area contributed by atoms with Crippen LogP contribution in [0.25, 0.3) is 0 Å². The Labute approximate surface area is 165 Å². The molecular formula is C20H21ClF6O. The van der Waals surface area contributed by atoms with Crippen molar-refractivity contribution in [3.63, 3.8) is 0 Å². The quantitative estimate of drug-likeness (QED) is 0.422. The van der Waals surface area contributed by atoms with E-state index in [2.05, 4.69) is 0 Å². The lowest BCUT2D eigenvalue weighted by Crippen LogP contribution is -2.09. The van der Waals surface area contributed by atoms with Gasteiger partial charge in [-0.05, 0) is 47.2 Å². The van der Waals surface area contributed by atoms with Crippen LogP contribution < -0.4 is 0 Å². The standard InChI is InChI=1S/C10H10ClF3.C10H11F3O/c1-2-8-4-3-7(6-11)5-9(8)10(12,13)14;1-2-8-4-3-7(6-14)5-9(8)10(11,12)13/h3-5H,2,6H2,1H3;3-5,14H,2,6H2,1H3. The second kappa shape index (κ2) is 10.2. The van der Waals surface area contributed by atoms with Crippen molar-refractivity contribution in [3.8, 4) is 0 Å². The molecule has 2 rings (SSSR count). The molecule has 0 saturated carbocycles. The average Bonchev–Trinajstić information content (AvgIpc) is 2.66. The first kappa shape index (κ1) is 24.3. The summed E-state index contributed by atoms with van der Waals surface area (Å²) in [7, 11) is 0. The minimum absolute atomic E-state index is 0.104. The second-order valence-corrected chi connectivity index (χ2v) is 6.24. The normalized spacial score (nSPS) is 11.8. The Kier molecular flexibility index (Phi) is 8.82. The fourth-order valence-electron chi connectivity index (χ4n) is 2.57. The molecule has 0 radical (unpaired) electrons. The largest absolute Gasteiger partial charge is 0.416 e. The fraction of sp³-hybridized carbons (Fsp3) is 0.400. The number of halogens is 7. The van der Waals surface area contributed by atoms with Crippen LogP contribution in [0.2, 0.25) is 0 Å². The number of benzene rings is 2. The van der Waals surface area contributed by atoms with Crippen molar-refractivity contribution < 1.29 is 31.4 Å². The first-order valence-corrected chi connectivity index (χ1v) is 9.06. The molecule has 0 aliphatic heterocycles. The lowest BCUT2D eigenvalue weighted by molar-refractivity contribution is -0.139. The molecule has 0 spiro atoms. The van der Waals surface area contributed by atoms with E-state index in [0.717, 1.165) is 12.1 Å². The molecule has 0 aliphatic rings. The molecule has 0 bridgehead atoms. The zero-order chi connectivity index (χ0) is 21.5. The van der Waals surface area contributed by atoms with Gasteiger partial charge in [0.1, 0.15) is 0 Å². The number of hydrogen-bond acceptors (Lipinski definition) is 1. The van der Waals surface area contributed by atoms with Gasteiger partial charge in [0.05, 0.1) is 17.7 Å². The lowest BCUT2D eigenvalue weighted by atomic mass is 10.0. The molecule has 156 valence electrons. The molecule has 2 aromatic carbocycles. The Morgan fingerprint density at radius 2 is 1.14 bits per heavy atom. The third kappa shape index (κ3) is 6.71. The number of hydrogen-bond donors (Lipinski definition) is 1. The molecule has 0 amide bonds. The predicted octanol–water partition coefficient (Wildman–Crippen LogP) is 6.77. The predicted molar refractivity (Wildman–Crippen MR) is 97.1 cm³/mol. The molecule has 8 heteroatoms. The Bertz CT molecular complexity index is 703. The number of aliphatic hydroxyl groups excluding tert-OH is 1. The SMILES string of the molecule is CCc1ccc(CCl)cc1C(F)(F)F.CCc1ccc(CO)cc1C(F)(F)F. The average molecular weight is 427 g/mol. The first-order valence-electron chi connectivity index (χ1n) is 8.52. The van der Waals surface area contributed by atoms with Crippen molar-refractivity contribution in [1.29, 1.82) is 0 Å². The van der Waals surface area contributed by atoms with E-state index < -0.39 is 23.5 Å². The molecule has 1 nitrogen and oxygen atoms in total. The summed E-state index contributed by atoms with van der Waals surface area (Å²) in [6.07, 6.45) is -7.91. The van der Waals surface area contributed by atoms with Gasteiger partial charge >= 0.3 is 12.4 Å². The molecule has 0 aliphatic carbocycles. The maximum Gasteiger partial charge on any atom is 0.416 e. The summed E-state index contributed by atoms with van der Waals surface area (Å²) < 4.78 is 74.9. The van der Waals surface area contributed by atoms with Crippen LogP contribution in [0.3, 0.4) is 0 Å². The third-order valence-electron chi connectivity index (χ3n) is 4.06. The van der Waals surface area contributed by atoms with Crippen LogP contribution in [0, 0.1) is 0 Å². The highest BCUT2D eigenvalue weighted by Gasteiger charge is 2.33. The van der Waals surface area contributed by atoms with Crippen molar-refractivity contribution in [3.05, 3.63) is 69.8 Å². The molecule has 0 saturated heterocycles. The summed E-state index contributed by atoms with van der Waals surface area (Å²) in [5, 5.41) is 8.72. The molecule has 1 N–H and O–H groups in total. The number of aliphatic hydroxyl groups is 1. The minimum Gasteiger partial charge on any atom is -0.392 e. The van der Waals surface area contributed by atoms with E-state index in [0.29, 0.717) is 24.0 Å². The number of alkyl halides is 7. The summed E-state index contributed by atoms with van der Waals surface area (Å²) in [6, 6.07) is 8.15. The molecule has 28 heavy (non-hydrogen) atoms. The van der Waals surface area contributed by atoms with E-state index in [9.17, 15) is 26.3 Å². The van der Waals surface area contributed by atoms with E-state index in [1.54, 1.807) is 19.9 Å². The van der Waals surface area contributed by atoms with Crippen LogP contribution in [-0.2, 0) is 37.7 Å². The van der Waals surface area contributed by atoms with Gasteiger partial charge in [0.15, 0.2) is 0 Å². The van der Waals surface area contributed by atoms with Crippen LogP contribution in [-0.4, -0.2) is 5.11 Å². The van der Waals surface area contributed by atoms with Gasteiger partial charge in [0, 0.05) is 5.88 Å². The van der Waals surface area contributed by atoms with Crippen molar-refractivity contribution >= 4 is 11.6 Å². The monoisotopic (exact) mass is 426 g/mol. The number of aryl methyl sites for hydroxylation is 2. The molecule has 2 aromatic rings. The second-order valence-electron chi connectivity index (χ2n) is 5.98. The Balaban J connectivity index is 0.000000280. The van der Waals surface area contributed by atoms with Crippen molar-refractivity contribution in [2.45, 2.75) is 51.5 Å². The van der Waals surface area contributed by atoms with Crippen LogP contribution in [0.1, 0.15) is 47.2 Å². The topological polar surface area (TPSA) is 20.2 Å². The van der Waals surface area contributed by atoms with Gasteiger partial charge in [-0.3, -0.25) is 0 Å². The summed E-state index contributed by atoms with van der Waals surface area (Å²) >= 11 is 5.48. The van der Waals surface area contributed by atoms with E-state index in [4.69, 9.17) is 16.7 Å². The van der Waals surface area contributed by atoms with Crippen LogP contribution in [0.4, 0.5) is 26.3 Å². The Morgan fingerprint density at radius 3 is 1.46 bits per heavy atom. The highest BCUT2D eigenvalue weighted by atomic mass is 35.5. The highest BCUT2D eigenvalue weighted by molar-refractivity contribution is 6.17. The molecule has 0 fully saturated rings. The van der Waals surface area contributed by atoms with Crippen molar-refractivity contribution in [2.75, 3.05) is 0 Å². The summed E-state index contributed by atoms with van der Waals surface area (Å²) in [5.74, 6) is 0.104. The molecular weight excluding hydrogens is 406 g/mol. The minimum atomic E-state index is -4.34. The summed E-state index contributed by atoms with van der Waals surface area (Å²) in [5.41, 5.74) is 0.136. The van der Waals surface area contributed by atoms with Crippen LogP contribution in [0.15, 0.2) is 36.4 Å². The van der Waals surface area contributed by atoms with E-state index in [1.807, 2.05) is 0 Å². The van der Waals surface area contributed by atoms with Gasteiger partial charge in [-0.2, -0.15) is 26.3 Å². The maximum atomic E-state index is 12.5. The van der Waals surface area contributed by atoms with Gasteiger partial charge in [-0.15, -0.1) is 11.6 Å². The van der Waals surface area contributed by atoms with Gasteiger partial charge in [-0.1, -0.05) is 38.1 Å². The zero-order valence-electron chi connectivity index (χ0n) is 15.4. The van der Waals surface area contributed by atoms with Gasteiger partial charge in [0.2, 0.25) is 0 Å². The van der Waals surface area contributed by atoms with Crippen LogP contribution in [0.5, 0.6) is 0 Å². The zero-order valence-corrected chi connectivity index (χ0v) is 16.1. The third-order valence-corrected chi connectivity index (χ3v) is 4.37. The van der Waals surface area contributed by atoms with E-state index in [1.165, 1.54) is 18.2 Å². The Hall–Kier alpha value is -1.73. The van der Waals surface area contributed by atoms with E-state index in [-0.39, 0.29) is 23.6 Å². The lowest BCUT2D eigenvalue weighted by Gasteiger charge is -2.12. The fourth-order valence-corrected chi connectivity index (χ4v) is 2.74. The highest BCUT2D eigenvalue weighted by Crippen LogP contribution is 2.34. The maximum absolute atomic E-state index is 12.5. The van der Waals surface area contributed by atoms with Gasteiger partial charge in [-0.25, -0.2) is 0 Å². The van der Waals surface area contributed by atoms with Crippen molar-refractivity contribution in [2.24, 2.45) is 0 Å². The molecule has 0 atom stereocenters. The first-order chi connectivity index (χ1) is 13.0. The molecule has 0 aromatic heterocycles. The van der Waals surface area contributed by atoms with Crippen molar-refractivity contribution in [1.82, 2.24) is 0 Å². The molecule has 0 unspecified atom stereocenters. The summed E-state index contributed by atoms with van der Waals surface area (Å²) in [6.45, 7) is 3.00. The van der Waals surface area contributed by atoms with Crippen LogP contribution >= 0.6 is 11.6 Å². The molecule has 0 heterocycles. The summed E-state index contributed by atoms with van der Waals surface area (Å²) in [4.78, 5) is 0.